The number of aromatic nitrogens is 1. The van der Waals surface area contributed by atoms with Crippen LogP contribution in [-0.2, 0) is 6.54 Å². The van der Waals surface area contributed by atoms with E-state index in [4.69, 9.17) is 21.1 Å². The fourth-order valence-electron chi connectivity index (χ4n) is 2.50. The van der Waals surface area contributed by atoms with Crippen molar-refractivity contribution in [3.8, 4) is 11.5 Å². The Kier molecular flexibility index (Phi) is 8.27. The van der Waals surface area contributed by atoms with Crippen LogP contribution in [0.5, 0.6) is 11.5 Å². The molecule has 2 aromatic rings. The first-order valence-corrected chi connectivity index (χ1v) is 9.87. The number of ether oxygens (including phenoxy) is 2. The van der Waals surface area contributed by atoms with Crippen molar-refractivity contribution < 1.29 is 14.3 Å². The number of carbonyl (C=O) groups excluding carboxylic acids is 1. The van der Waals surface area contributed by atoms with Crippen molar-refractivity contribution in [3.63, 3.8) is 0 Å². The number of pyridine rings is 1. The number of hydrogen-bond acceptors (Lipinski definition) is 5. The van der Waals surface area contributed by atoms with Gasteiger partial charge in [-0.25, -0.2) is 5.43 Å². The van der Waals surface area contributed by atoms with Crippen LogP contribution in [0.1, 0.15) is 43.6 Å². The maximum atomic E-state index is 12.3. The van der Waals surface area contributed by atoms with E-state index < -0.39 is 5.91 Å². The van der Waals surface area contributed by atoms with Gasteiger partial charge in [0.05, 0.1) is 24.5 Å². The van der Waals surface area contributed by atoms with Gasteiger partial charge in [-0.15, -0.1) is 0 Å². The number of nitrogens with zero attached hydrogens (tertiary/aromatic N) is 2. The molecule has 1 N–H and O–H groups in total. The molecule has 0 aliphatic rings. The standard InChI is InChI=1S/C21H26ClN3O4/c1-5-25-9-7-8-16(21(25)27)20(26)24-23-12-15-10-17(22)19(29-13-14(3)4)18(11-15)28-6-2/h7-12,14H,5-6,13H2,1-4H3,(H,24,26)/b23-12-. The lowest BCUT2D eigenvalue weighted by molar-refractivity contribution is 0.0953. The van der Waals surface area contributed by atoms with Crippen LogP contribution in [0.25, 0.3) is 0 Å². The van der Waals surface area contributed by atoms with Crippen molar-refractivity contribution in [2.24, 2.45) is 11.0 Å². The number of rotatable bonds is 9. The smallest absolute Gasteiger partial charge is 0.276 e. The van der Waals surface area contributed by atoms with Crippen LogP contribution >= 0.6 is 11.6 Å². The quantitative estimate of drug-likeness (QED) is 0.496. The fraction of sp³-hybridized carbons (Fsp3) is 0.381. The van der Waals surface area contributed by atoms with E-state index in [9.17, 15) is 9.59 Å². The van der Waals surface area contributed by atoms with Gasteiger partial charge in [0.25, 0.3) is 11.5 Å². The summed E-state index contributed by atoms with van der Waals surface area (Å²) in [5.41, 5.74) is 2.65. The number of benzene rings is 1. The molecule has 0 saturated carbocycles. The second kappa shape index (κ2) is 10.7. The molecule has 0 aliphatic heterocycles. The predicted molar refractivity (Wildman–Crippen MR) is 114 cm³/mol. The molecule has 0 spiro atoms. The van der Waals surface area contributed by atoms with Gasteiger partial charge in [-0.3, -0.25) is 9.59 Å². The Morgan fingerprint density at radius 2 is 2.07 bits per heavy atom. The third-order valence-corrected chi connectivity index (χ3v) is 4.16. The Bertz CT molecular complexity index is 938. The van der Waals surface area contributed by atoms with E-state index >= 15 is 0 Å². The number of hydrogen-bond donors (Lipinski definition) is 1. The van der Waals surface area contributed by atoms with Crippen molar-refractivity contribution in [1.29, 1.82) is 0 Å². The van der Waals surface area contributed by atoms with Crippen LogP contribution in [0.3, 0.4) is 0 Å². The average molecular weight is 420 g/mol. The first kappa shape index (κ1) is 22.5. The summed E-state index contributed by atoms with van der Waals surface area (Å²) < 4.78 is 12.8. The molecule has 1 aromatic carbocycles. The van der Waals surface area contributed by atoms with Crippen molar-refractivity contribution in [3.05, 3.63) is 57.0 Å². The number of halogens is 1. The fourth-order valence-corrected chi connectivity index (χ4v) is 2.77. The van der Waals surface area contributed by atoms with Crippen LogP contribution in [0.15, 0.2) is 40.4 Å². The molecule has 0 aliphatic carbocycles. The lowest BCUT2D eigenvalue weighted by Gasteiger charge is -2.15. The molecule has 1 aromatic heterocycles. The molecule has 1 heterocycles. The Balaban J connectivity index is 2.17. The van der Waals surface area contributed by atoms with Gasteiger partial charge in [0.2, 0.25) is 0 Å². The number of amides is 1. The first-order chi connectivity index (χ1) is 13.9. The van der Waals surface area contributed by atoms with Crippen molar-refractivity contribution in [2.75, 3.05) is 13.2 Å². The van der Waals surface area contributed by atoms with Gasteiger partial charge in [-0.05, 0) is 49.6 Å². The Labute approximate surface area is 175 Å². The zero-order chi connectivity index (χ0) is 21.4. The Morgan fingerprint density at radius 3 is 2.72 bits per heavy atom. The normalized spacial score (nSPS) is 11.1. The van der Waals surface area contributed by atoms with Crippen molar-refractivity contribution in [1.82, 2.24) is 9.99 Å². The van der Waals surface area contributed by atoms with Crippen LogP contribution in [0.4, 0.5) is 0 Å². The predicted octanol–water partition coefficient (Wildman–Crippen LogP) is 3.72. The second-order valence-corrected chi connectivity index (χ2v) is 7.09. The monoisotopic (exact) mass is 419 g/mol. The molecule has 0 fully saturated rings. The third kappa shape index (κ3) is 6.09. The van der Waals surface area contributed by atoms with Gasteiger partial charge in [0.1, 0.15) is 5.56 Å². The van der Waals surface area contributed by atoms with Gasteiger partial charge in [-0.1, -0.05) is 25.4 Å². The maximum Gasteiger partial charge on any atom is 0.276 e. The molecule has 8 heteroatoms. The zero-order valence-corrected chi connectivity index (χ0v) is 17.8. The third-order valence-electron chi connectivity index (χ3n) is 3.88. The minimum absolute atomic E-state index is 0.0250. The molecule has 0 bridgehead atoms. The minimum Gasteiger partial charge on any atom is -0.490 e. The van der Waals surface area contributed by atoms with Gasteiger partial charge in [0, 0.05) is 12.7 Å². The van der Waals surface area contributed by atoms with E-state index in [-0.39, 0.29) is 11.1 Å². The Hall–Kier alpha value is -2.80. The summed E-state index contributed by atoms with van der Waals surface area (Å²) in [5.74, 6) is 0.740. The Morgan fingerprint density at radius 1 is 1.31 bits per heavy atom. The summed E-state index contributed by atoms with van der Waals surface area (Å²) in [6, 6.07) is 6.51. The molecule has 29 heavy (non-hydrogen) atoms. The molecule has 1 amide bonds. The molecule has 156 valence electrons. The molecular formula is C21H26ClN3O4. The molecule has 0 atom stereocenters. The molecule has 2 rings (SSSR count). The molecule has 0 unspecified atom stereocenters. The molecular weight excluding hydrogens is 394 g/mol. The van der Waals surface area contributed by atoms with E-state index in [1.165, 1.54) is 16.8 Å². The van der Waals surface area contributed by atoms with Gasteiger partial charge in [0.15, 0.2) is 11.5 Å². The molecule has 0 saturated heterocycles. The lowest BCUT2D eigenvalue weighted by atomic mass is 10.2. The highest BCUT2D eigenvalue weighted by atomic mass is 35.5. The zero-order valence-electron chi connectivity index (χ0n) is 17.1. The first-order valence-electron chi connectivity index (χ1n) is 9.49. The number of nitrogens with one attached hydrogen (secondary N) is 1. The topological polar surface area (TPSA) is 81.9 Å². The number of aryl methyl sites for hydroxylation is 1. The lowest BCUT2D eigenvalue weighted by Crippen LogP contribution is -2.30. The van der Waals surface area contributed by atoms with E-state index in [1.54, 1.807) is 24.4 Å². The van der Waals surface area contributed by atoms with E-state index in [0.29, 0.717) is 47.8 Å². The number of hydrazone groups is 1. The summed E-state index contributed by atoms with van der Waals surface area (Å²) in [4.78, 5) is 24.4. The minimum atomic E-state index is -0.581. The summed E-state index contributed by atoms with van der Waals surface area (Å²) in [6.45, 7) is 9.21. The average Bonchev–Trinajstić information content (AvgIpc) is 2.67. The van der Waals surface area contributed by atoms with Crippen LogP contribution < -0.4 is 20.5 Å². The second-order valence-electron chi connectivity index (χ2n) is 6.68. The highest BCUT2D eigenvalue weighted by Crippen LogP contribution is 2.36. The van der Waals surface area contributed by atoms with Crippen molar-refractivity contribution >= 4 is 23.7 Å². The molecule has 7 nitrogen and oxygen atoms in total. The SMILES string of the molecule is CCOc1cc(/C=N\NC(=O)c2cccn(CC)c2=O)cc(Cl)c1OCC(C)C. The van der Waals surface area contributed by atoms with E-state index in [2.05, 4.69) is 10.5 Å². The van der Waals surface area contributed by atoms with Crippen LogP contribution in [0, 0.1) is 5.92 Å². The van der Waals surface area contributed by atoms with Gasteiger partial charge in [-0.2, -0.15) is 5.10 Å². The van der Waals surface area contributed by atoms with Crippen molar-refractivity contribution in [2.45, 2.75) is 34.2 Å². The summed E-state index contributed by atoms with van der Waals surface area (Å²) >= 11 is 6.35. The van der Waals surface area contributed by atoms with E-state index in [0.717, 1.165) is 0 Å². The van der Waals surface area contributed by atoms with Crippen LogP contribution in [0.2, 0.25) is 5.02 Å². The summed E-state index contributed by atoms with van der Waals surface area (Å²) in [7, 11) is 0. The number of carbonyl (C=O) groups is 1. The highest BCUT2D eigenvalue weighted by molar-refractivity contribution is 6.32. The van der Waals surface area contributed by atoms with Crippen LogP contribution in [-0.4, -0.2) is 29.9 Å². The molecule has 0 radical (unpaired) electrons. The maximum absolute atomic E-state index is 12.3. The van der Waals surface area contributed by atoms with Gasteiger partial charge >= 0.3 is 0 Å². The summed E-state index contributed by atoms with van der Waals surface area (Å²) in [6.07, 6.45) is 3.06. The summed E-state index contributed by atoms with van der Waals surface area (Å²) in [5, 5.41) is 4.32. The highest BCUT2D eigenvalue weighted by Gasteiger charge is 2.14. The van der Waals surface area contributed by atoms with Gasteiger partial charge < -0.3 is 14.0 Å². The largest absolute Gasteiger partial charge is 0.490 e. The van der Waals surface area contributed by atoms with E-state index in [1.807, 2.05) is 27.7 Å².